The van der Waals surface area contributed by atoms with Gasteiger partial charge in [0.25, 0.3) is 0 Å². The van der Waals surface area contributed by atoms with E-state index in [4.69, 9.17) is 4.74 Å². The minimum atomic E-state index is -3.44. The van der Waals surface area contributed by atoms with Gasteiger partial charge in [0.05, 0.1) is 18.0 Å². The summed E-state index contributed by atoms with van der Waals surface area (Å²) in [6.07, 6.45) is 2.29. The molecule has 1 aliphatic rings. The number of fused-ring (bicyclic) bond motifs is 1. The minimum absolute atomic E-state index is 0.00687. The molecule has 1 aliphatic heterocycles. The summed E-state index contributed by atoms with van der Waals surface area (Å²) in [7, 11) is -3.44. The van der Waals surface area contributed by atoms with Crippen molar-refractivity contribution < 1.29 is 22.3 Å². The molecule has 1 aromatic rings. The van der Waals surface area contributed by atoms with E-state index in [2.05, 4.69) is 0 Å². The van der Waals surface area contributed by atoms with Crippen molar-refractivity contribution in [2.45, 2.75) is 26.2 Å². The quantitative estimate of drug-likeness (QED) is 0.750. The predicted octanol–water partition coefficient (Wildman–Crippen LogP) is 2.16. The summed E-state index contributed by atoms with van der Waals surface area (Å²) in [5.41, 5.74) is 0.292. The Morgan fingerprint density at radius 3 is 2.86 bits per heavy atom. The molecule has 0 atom stereocenters. The van der Waals surface area contributed by atoms with E-state index >= 15 is 0 Å². The minimum Gasteiger partial charge on any atom is -0.490 e. The predicted molar refractivity (Wildman–Crippen MR) is 82.4 cm³/mol. The van der Waals surface area contributed by atoms with Crippen LogP contribution >= 0.6 is 0 Å². The van der Waals surface area contributed by atoms with Gasteiger partial charge in [0, 0.05) is 6.07 Å². The van der Waals surface area contributed by atoms with Gasteiger partial charge in [-0.2, -0.15) is 0 Å². The Hall–Kier alpha value is -1.63. The fourth-order valence-electron chi connectivity index (χ4n) is 2.36. The number of sulfone groups is 1. The van der Waals surface area contributed by atoms with Crippen LogP contribution in [-0.2, 0) is 14.6 Å². The van der Waals surface area contributed by atoms with Gasteiger partial charge in [0.2, 0.25) is 5.91 Å². The smallest absolute Gasteiger partial charge is 0.242 e. The molecule has 1 aromatic carbocycles. The molecule has 122 valence electrons. The second-order valence-electron chi connectivity index (χ2n) is 5.31. The summed E-state index contributed by atoms with van der Waals surface area (Å²) in [4.78, 5) is 13.6. The van der Waals surface area contributed by atoms with Crippen LogP contribution in [0.4, 0.5) is 10.1 Å². The second-order valence-corrected chi connectivity index (χ2v) is 7.49. The molecule has 1 amide bonds. The molecular formula is C15H20FNO4S. The molecule has 0 aliphatic carbocycles. The van der Waals surface area contributed by atoms with Crippen molar-refractivity contribution in [3.63, 3.8) is 0 Å². The number of rotatable bonds is 6. The molecule has 0 N–H and O–H groups in total. The van der Waals surface area contributed by atoms with E-state index < -0.39 is 27.3 Å². The maximum absolute atomic E-state index is 13.4. The molecule has 0 radical (unpaired) electrons. The van der Waals surface area contributed by atoms with Crippen LogP contribution in [0, 0.1) is 5.82 Å². The Morgan fingerprint density at radius 2 is 2.14 bits per heavy atom. The lowest BCUT2D eigenvalue weighted by Gasteiger charge is -2.29. The molecule has 0 saturated carbocycles. The van der Waals surface area contributed by atoms with Crippen LogP contribution in [0.2, 0.25) is 0 Å². The normalized spacial score (nSPS) is 14.4. The zero-order valence-electron chi connectivity index (χ0n) is 12.5. The van der Waals surface area contributed by atoms with E-state index in [1.54, 1.807) is 0 Å². The summed E-state index contributed by atoms with van der Waals surface area (Å²) >= 11 is 0. The number of unbranched alkanes of at least 4 members (excludes halogenated alkanes) is 2. The molecule has 0 saturated heterocycles. The highest BCUT2D eigenvalue weighted by Crippen LogP contribution is 2.32. The number of carbonyl (C=O) groups excluding carboxylic acids is 1. The molecule has 0 unspecified atom stereocenters. The van der Waals surface area contributed by atoms with E-state index in [0.717, 1.165) is 12.8 Å². The van der Waals surface area contributed by atoms with Gasteiger partial charge in [-0.25, -0.2) is 12.8 Å². The van der Waals surface area contributed by atoms with Gasteiger partial charge < -0.3 is 9.64 Å². The average molecular weight is 329 g/mol. The van der Waals surface area contributed by atoms with Gasteiger partial charge >= 0.3 is 0 Å². The number of carbonyl (C=O) groups is 1. The van der Waals surface area contributed by atoms with Gasteiger partial charge in [0.15, 0.2) is 9.84 Å². The second kappa shape index (κ2) is 7.09. The maximum Gasteiger partial charge on any atom is 0.242 e. The summed E-state index contributed by atoms with van der Waals surface area (Å²) in [6.45, 7) is 2.47. The Kier molecular flexibility index (Phi) is 5.39. The third-order valence-electron chi connectivity index (χ3n) is 3.49. The molecule has 5 nitrogen and oxygen atoms in total. The van der Waals surface area contributed by atoms with Gasteiger partial charge in [0.1, 0.15) is 23.9 Å². The number of hydrogen-bond acceptors (Lipinski definition) is 4. The first-order chi connectivity index (χ1) is 10.4. The van der Waals surface area contributed by atoms with E-state index in [0.29, 0.717) is 17.9 Å². The highest BCUT2D eigenvalue weighted by atomic mass is 32.2. The molecular weight excluding hydrogens is 309 g/mol. The fraction of sp³-hybridized carbons (Fsp3) is 0.533. The Bertz CT molecular complexity index is 645. The van der Waals surface area contributed by atoms with Crippen molar-refractivity contribution in [3.8, 4) is 5.75 Å². The lowest BCUT2D eigenvalue weighted by atomic mass is 10.2. The van der Waals surface area contributed by atoms with Crippen molar-refractivity contribution in [1.82, 2.24) is 0 Å². The largest absolute Gasteiger partial charge is 0.490 e. The van der Waals surface area contributed by atoms with Crippen LogP contribution in [0.25, 0.3) is 0 Å². The number of benzene rings is 1. The van der Waals surface area contributed by atoms with Crippen molar-refractivity contribution in [3.05, 3.63) is 24.0 Å². The van der Waals surface area contributed by atoms with E-state index in [9.17, 15) is 17.6 Å². The molecule has 1 heterocycles. The number of anilines is 1. The topological polar surface area (TPSA) is 63.7 Å². The van der Waals surface area contributed by atoms with E-state index in [1.807, 2.05) is 6.92 Å². The third-order valence-corrected chi connectivity index (χ3v) is 5.09. The molecule has 0 spiro atoms. The van der Waals surface area contributed by atoms with Crippen LogP contribution in [0.3, 0.4) is 0 Å². The lowest BCUT2D eigenvalue weighted by molar-refractivity contribution is -0.116. The SMILES string of the molecule is CCCCCS(=O)(=O)CC(=O)N1CCOc2ccc(F)cc21. The van der Waals surface area contributed by atoms with Crippen LogP contribution in [0.1, 0.15) is 26.2 Å². The summed E-state index contributed by atoms with van der Waals surface area (Å²) < 4.78 is 42.7. The average Bonchev–Trinajstić information content (AvgIpc) is 2.46. The van der Waals surface area contributed by atoms with Crippen molar-refractivity contribution in [2.75, 3.05) is 29.6 Å². The zero-order chi connectivity index (χ0) is 16.2. The molecule has 0 bridgehead atoms. The monoisotopic (exact) mass is 329 g/mol. The standard InChI is InChI=1S/C15H20FNO4S/c1-2-3-4-9-22(19,20)11-15(18)17-7-8-21-14-6-5-12(16)10-13(14)17/h5-6,10H,2-4,7-9,11H2,1H3. The fourth-order valence-corrected chi connectivity index (χ4v) is 3.68. The highest BCUT2D eigenvalue weighted by molar-refractivity contribution is 7.92. The first kappa shape index (κ1) is 16.7. The van der Waals surface area contributed by atoms with Crippen LogP contribution in [0.15, 0.2) is 18.2 Å². The summed E-state index contributed by atoms with van der Waals surface area (Å²) in [5, 5.41) is 0. The Morgan fingerprint density at radius 1 is 1.36 bits per heavy atom. The highest BCUT2D eigenvalue weighted by Gasteiger charge is 2.27. The van der Waals surface area contributed by atoms with Crippen molar-refractivity contribution in [1.29, 1.82) is 0 Å². The number of ether oxygens (including phenoxy) is 1. The molecule has 7 heteroatoms. The third kappa shape index (κ3) is 4.19. The van der Waals surface area contributed by atoms with Gasteiger partial charge in [-0.1, -0.05) is 19.8 Å². The number of hydrogen-bond donors (Lipinski definition) is 0. The van der Waals surface area contributed by atoms with Crippen LogP contribution < -0.4 is 9.64 Å². The van der Waals surface area contributed by atoms with Crippen molar-refractivity contribution in [2.24, 2.45) is 0 Å². The summed E-state index contributed by atoms with van der Waals surface area (Å²) in [5.74, 6) is -1.18. The lowest BCUT2D eigenvalue weighted by Crippen LogP contribution is -2.41. The first-order valence-corrected chi connectivity index (χ1v) is 9.18. The van der Waals surface area contributed by atoms with E-state index in [-0.39, 0.29) is 18.9 Å². The Balaban J connectivity index is 2.10. The Labute approximate surface area is 130 Å². The van der Waals surface area contributed by atoms with Gasteiger partial charge in [-0.15, -0.1) is 0 Å². The van der Waals surface area contributed by atoms with E-state index in [1.165, 1.54) is 23.1 Å². The van der Waals surface area contributed by atoms with Crippen molar-refractivity contribution >= 4 is 21.4 Å². The van der Waals surface area contributed by atoms with Gasteiger partial charge in [-0.3, -0.25) is 4.79 Å². The number of nitrogens with zero attached hydrogens (tertiary/aromatic N) is 1. The summed E-state index contributed by atoms with van der Waals surface area (Å²) in [6, 6.07) is 3.88. The molecule has 22 heavy (non-hydrogen) atoms. The zero-order valence-corrected chi connectivity index (χ0v) is 13.4. The van der Waals surface area contributed by atoms with Crippen LogP contribution in [0.5, 0.6) is 5.75 Å². The first-order valence-electron chi connectivity index (χ1n) is 7.36. The molecule has 0 aromatic heterocycles. The molecule has 0 fully saturated rings. The number of amides is 1. The van der Waals surface area contributed by atoms with Crippen LogP contribution in [-0.4, -0.2) is 39.0 Å². The maximum atomic E-state index is 13.4. The van der Waals surface area contributed by atoms with Gasteiger partial charge in [-0.05, 0) is 18.6 Å². The molecule has 2 rings (SSSR count). The number of halogens is 1.